The van der Waals surface area contributed by atoms with E-state index in [-0.39, 0.29) is 34.4 Å². The Morgan fingerprint density at radius 3 is 2.47 bits per heavy atom. The van der Waals surface area contributed by atoms with Crippen LogP contribution in [0.5, 0.6) is 0 Å². The molecule has 0 bridgehead atoms. The molecule has 0 saturated carbocycles. The van der Waals surface area contributed by atoms with E-state index in [2.05, 4.69) is 0 Å². The van der Waals surface area contributed by atoms with E-state index in [1.54, 1.807) is 55.5 Å². The van der Waals surface area contributed by atoms with E-state index >= 15 is 0 Å². The highest BCUT2D eigenvalue weighted by Crippen LogP contribution is 2.40. The molecule has 1 amide bonds. The van der Waals surface area contributed by atoms with Crippen molar-refractivity contribution < 1.29 is 13.6 Å². The molecule has 1 aliphatic rings. The fourth-order valence-electron chi connectivity index (χ4n) is 4.13. The molecule has 0 aliphatic carbocycles. The zero-order valence-electron chi connectivity index (χ0n) is 16.9. The average molecular weight is 468 g/mol. The molecule has 2 heterocycles. The SMILES string of the molecule is Cc1cc2oc3c(c(=O)c2cc1Cl)C(c1ccccc1F)N(Cc1ccccc1Cl)C3=O. The molecular weight excluding hydrogens is 452 g/mol. The second kappa shape index (κ2) is 7.76. The molecule has 0 saturated heterocycles. The van der Waals surface area contributed by atoms with Gasteiger partial charge in [-0.25, -0.2) is 4.39 Å². The molecule has 7 heteroatoms. The van der Waals surface area contributed by atoms with Gasteiger partial charge in [-0.15, -0.1) is 0 Å². The minimum Gasteiger partial charge on any atom is -0.450 e. The number of nitrogens with zero attached hydrogens (tertiary/aromatic N) is 1. The van der Waals surface area contributed by atoms with Gasteiger partial charge in [0.15, 0.2) is 5.43 Å². The Morgan fingerprint density at radius 1 is 1.00 bits per heavy atom. The molecule has 0 radical (unpaired) electrons. The third-order valence-corrected chi connectivity index (χ3v) is 6.52. The lowest BCUT2D eigenvalue weighted by atomic mass is 9.97. The van der Waals surface area contributed by atoms with Crippen LogP contribution in [0.3, 0.4) is 0 Å². The number of carbonyl (C=O) groups is 1. The van der Waals surface area contributed by atoms with Crippen molar-refractivity contribution in [2.45, 2.75) is 19.5 Å². The first-order chi connectivity index (χ1) is 15.4. The molecule has 1 unspecified atom stereocenters. The van der Waals surface area contributed by atoms with Crippen molar-refractivity contribution in [1.82, 2.24) is 4.90 Å². The smallest absolute Gasteiger partial charge is 0.291 e. The van der Waals surface area contributed by atoms with Crippen molar-refractivity contribution in [2.75, 3.05) is 0 Å². The van der Waals surface area contributed by atoms with Crippen LogP contribution in [-0.2, 0) is 6.54 Å². The normalized spacial score (nSPS) is 15.4. The first kappa shape index (κ1) is 20.7. The first-order valence-electron chi connectivity index (χ1n) is 9.92. The van der Waals surface area contributed by atoms with Gasteiger partial charge in [0.2, 0.25) is 5.76 Å². The van der Waals surface area contributed by atoms with Crippen LogP contribution in [0.15, 0.2) is 69.9 Å². The van der Waals surface area contributed by atoms with Crippen LogP contribution >= 0.6 is 23.2 Å². The van der Waals surface area contributed by atoms with Gasteiger partial charge in [-0.2, -0.15) is 0 Å². The van der Waals surface area contributed by atoms with Crippen molar-refractivity contribution in [2.24, 2.45) is 0 Å². The first-order valence-corrected chi connectivity index (χ1v) is 10.7. The van der Waals surface area contributed by atoms with Crippen LogP contribution in [-0.4, -0.2) is 10.8 Å². The number of carbonyl (C=O) groups excluding carboxylic acids is 1. The van der Waals surface area contributed by atoms with E-state index in [1.165, 1.54) is 17.0 Å². The maximum Gasteiger partial charge on any atom is 0.291 e. The number of hydrogen-bond donors (Lipinski definition) is 0. The van der Waals surface area contributed by atoms with E-state index in [4.69, 9.17) is 27.6 Å². The van der Waals surface area contributed by atoms with Gasteiger partial charge in [0.05, 0.1) is 17.0 Å². The highest BCUT2D eigenvalue weighted by molar-refractivity contribution is 6.32. The second-order valence-electron chi connectivity index (χ2n) is 7.72. The van der Waals surface area contributed by atoms with Crippen molar-refractivity contribution in [3.05, 3.63) is 115 Å². The third-order valence-electron chi connectivity index (χ3n) is 5.75. The highest BCUT2D eigenvalue weighted by Gasteiger charge is 2.43. The molecule has 1 aromatic heterocycles. The van der Waals surface area contributed by atoms with Crippen LogP contribution in [0.2, 0.25) is 10.0 Å². The molecular formula is C25H16Cl2FNO3. The lowest BCUT2D eigenvalue weighted by Crippen LogP contribution is -2.30. The number of fused-ring (bicyclic) bond motifs is 2. The van der Waals surface area contributed by atoms with Crippen molar-refractivity contribution >= 4 is 40.1 Å². The molecule has 32 heavy (non-hydrogen) atoms. The number of amides is 1. The third kappa shape index (κ3) is 3.20. The van der Waals surface area contributed by atoms with Crippen LogP contribution in [0.25, 0.3) is 11.0 Å². The Bertz CT molecular complexity index is 1460. The van der Waals surface area contributed by atoms with E-state index in [9.17, 15) is 14.0 Å². The summed E-state index contributed by atoms with van der Waals surface area (Å²) in [5.41, 5.74) is 1.54. The van der Waals surface area contributed by atoms with E-state index in [0.717, 1.165) is 0 Å². The van der Waals surface area contributed by atoms with Crippen molar-refractivity contribution in [3.8, 4) is 0 Å². The Balaban J connectivity index is 1.78. The highest BCUT2D eigenvalue weighted by atomic mass is 35.5. The molecule has 0 fully saturated rings. The summed E-state index contributed by atoms with van der Waals surface area (Å²) in [5, 5.41) is 1.12. The summed E-state index contributed by atoms with van der Waals surface area (Å²) in [6, 6.07) is 15.4. The maximum absolute atomic E-state index is 14.9. The van der Waals surface area contributed by atoms with Crippen LogP contribution < -0.4 is 5.43 Å². The zero-order valence-corrected chi connectivity index (χ0v) is 18.4. The summed E-state index contributed by atoms with van der Waals surface area (Å²) in [5.74, 6) is -1.12. The van der Waals surface area contributed by atoms with Crippen molar-refractivity contribution in [3.63, 3.8) is 0 Å². The largest absolute Gasteiger partial charge is 0.450 e. The summed E-state index contributed by atoms with van der Waals surface area (Å²) in [6.07, 6.45) is 0. The minimum atomic E-state index is -0.962. The minimum absolute atomic E-state index is 0.0806. The zero-order chi connectivity index (χ0) is 22.6. The van der Waals surface area contributed by atoms with E-state index < -0.39 is 23.2 Å². The Kier molecular flexibility index (Phi) is 5.03. The number of rotatable bonds is 3. The fourth-order valence-corrected chi connectivity index (χ4v) is 4.49. The fraction of sp³-hybridized carbons (Fsp3) is 0.120. The van der Waals surface area contributed by atoms with Crippen LogP contribution in [0.4, 0.5) is 4.39 Å². The Labute approximate surface area is 192 Å². The lowest BCUT2D eigenvalue weighted by Gasteiger charge is -2.26. The predicted octanol–water partition coefficient (Wildman–Crippen LogP) is 6.29. The summed E-state index contributed by atoms with van der Waals surface area (Å²) < 4.78 is 20.8. The Hall–Kier alpha value is -3.15. The summed E-state index contributed by atoms with van der Waals surface area (Å²) in [6.45, 7) is 1.86. The Morgan fingerprint density at radius 2 is 1.72 bits per heavy atom. The van der Waals surface area contributed by atoms with Gasteiger partial charge in [0.1, 0.15) is 11.4 Å². The standard InChI is InChI=1S/C25H16Cl2FNO3/c1-13-10-20-16(11-18(13)27)23(30)21-22(15-7-3-5-9-19(15)28)29(25(31)24(21)32-20)12-14-6-2-4-8-17(14)26/h2-11,22H,12H2,1H3. The van der Waals surface area contributed by atoms with E-state index in [1.807, 2.05) is 0 Å². The molecule has 4 aromatic rings. The van der Waals surface area contributed by atoms with E-state index in [0.29, 0.717) is 21.2 Å². The quantitative estimate of drug-likeness (QED) is 0.355. The number of benzene rings is 3. The predicted molar refractivity (Wildman–Crippen MR) is 122 cm³/mol. The topological polar surface area (TPSA) is 50.5 Å². The van der Waals surface area contributed by atoms with Crippen LogP contribution in [0, 0.1) is 12.7 Å². The van der Waals surface area contributed by atoms with Gasteiger partial charge in [-0.3, -0.25) is 9.59 Å². The van der Waals surface area contributed by atoms with Gasteiger partial charge in [-0.1, -0.05) is 59.6 Å². The van der Waals surface area contributed by atoms with Gasteiger partial charge in [0.25, 0.3) is 5.91 Å². The van der Waals surface area contributed by atoms with Gasteiger partial charge >= 0.3 is 0 Å². The van der Waals surface area contributed by atoms with Gasteiger partial charge in [-0.05, 0) is 42.3 Å². The van der Waals surface area contributed by atoms with Gasteiger partial charge in [0, 0.05) is 22.2 Å². The van der Waals surface area contributed by atoms with Gasteiger partial charge < -0.3 is 9.32 Å². The second-order valence-corrected chi connectivity index (χ2v) is 8.53. The average Bonchev–Trinajstić information content (AvgIpc) is 3.04. The van der Waals surface area contributed by atoms with Crippen LogP contribution in [0.1, 0.15) is 38.9 Å². The molecule has 1 atom stereocenters. The molecule has 0 spiro atoms. The number of halogens is 3. The number of hydrogen-bond acceptors (Lipinski definition) is 3. The molecule has 1 aliphatic heterocycles. The number of aryl methyl sites for hydroxylation is 1. The molecule has 160 valence electrons. The summed E-state index contributed by atoms with van der Waals surface area (Å²) in [7, 11) is 0. The molecule has 0 N–H and O–H groups in total. The monoisotopic (exact) mass is 467 g/mol. The lowest BCUT2D eigenvalue weighted by molar-refractivity contribution is 0.0712. The maximum atomic E-state index is 14.9. The summed E-state index contributed by atoms with van der Waals surface area (Å²) >= 11 is 12.6. The molecule has 3 aromatic carbocycles. The molecule has 5 rings (SSSR count). The summed E-state index contributed by atoms with van der Waals surface area (Å²) in [4.78, 5) is 28.4. The molecule has 4 nitrogen and oxygen atoms in total. The van der Waals surface area contributed by atoms with Crippen molar-refractivity contribution in [1.29, 1.82) is 0 Å².